The highest BCUT2D eigenvalue weighted by Crippen LogP contribution is 2.26. The molecule has 0 aliphatic carbocycles. The number of thiophene rings is 1. The van der Waals surface area contributed by atoms with E-state index in [0.29, 0.717) is 11.4 Å². The largest absolute Gasteiger partial charge is 0.347 e. The highest BCUT2D eigenvalue weighted by molar-refractivity contribution is 7.20. The minimum Gasteiger partial charge on any atom is -0.347 e. The Balaban J connectivity index is 2.10. The Kier molecular flexibility index (Phi) is 5.09. The maximum absolute atomic E-state index is 13.1. The van der Waals surface area contributed by atoms with Gasteiger partial charge in [0, 0.05) is 17.3 Å². The first-order valence-electron chi connectivity index (χ1n) is 6.84. The maximum Gasteiger partial charge on any atom is 0.261 e. The van der Waals surface area contributed by atoms with Crippen molar-refractivity contribution in [2.45, 2.75) is 32.2 Å². The van der Waals surface area contributed by atoms with Gasteiger partial charge in [0.15, 0.2) is 0 Å². The number of amides is 1. The molecule has 1 atom stereocenters. The molecule has 20 heavy (non-hydrogen) atoms. The predicted octanol–water partition coefficient (Wildman–Crippen LogP) is 3.29. The minimum absolute atomic E-state index is 0.00407. The van der Waals surface area contributed by atoms with Gasteiger partial charge in [-0.15, -0.1) is 11.3 Å². The predicted molar refractivity (Wildman–Crippen MR) is 81.6 cm³/mol. The topological polar surface area (TPSA) is 55.1 Å². The van der Waals surface area contributed by atoms with Gasteiger partial charge in [0.05, 0.1) is 4.88 Å². The van der Waals surface area contributed by atoms with Crippen molar-refractivity contribution in [2.24, 2.45) is 5.73 Å². The van der Waals surface area contributed by atoms with Gasteiger partial charge in [0.2, 0.25) is 0 Å². The average Bonchev–Trinajstić information content (AvgIpc) is 2.86. The Morgan fingerprint density at radius 1 is 1.45 bits per heavy atom. The minimum atomic E-state index is -0.287. The lowest BCUT2D eigenvalue weighted by Crippen LogP contribution is -2.39. The standard InChI is InChI=1S/C15H19FN2OS/c1-2-3-4-12(9-17)18-15(19)14-8-10-7-11(16)5-6-13(10)20-14/h5-8,12H,2-4,9,17H2,1H3,(H,18,19). The molecule has 2 aromatic rings. The number of fused-ring (bicyclic) bond motifs is 1. The van der Waals surface area contributed by atoms with Crippen molar-refractivity contribution in [3.05, 3.63) is 35.0 Å². The molecule has 1 amide bonds. The summed E-state index contributed by atoms with van der Waals surface area (Å²) in [6.07, 6.45) is 3.01. The lowest BCUT2D eigenvalue weighted by Gasteiger charge is -2.15. The molecule has 2 rings (SSSR count). The van der Waals surface area contributed by atoms with Crippen molar-refractivity contribution >= 4 is 27.3 Å². The summed E-state index contributed by atoms with van der Waals surface area (Å²) < 4.78 is 14.1. The molecule has 0 aliphatic rings. The van der Waals surface area contributed by atoms with Crippen molar-refractivity contribution < 1.29 is 9.18 Å². The lowest BCUT2D eigenvalue weighted by atomic mass is 10.1. The summed E-state index contributed by atoms with van der Waals surface area (Å²) in [4.78, 5) is 12.8. The molecule has 108 valence electrons. The molecule has 0 spiro atoms. The van der Waals surface area contributed by atoms with Gasteiger partial charge in [-0.2, -0.15) is 0 Å². The third-order valence-corrected chi connectivity index (χ3v) is 4.34. The Bertz CT molecular complexity index is 597. The summed E-state index contributed by atoms with van der Waals surface area (Å²) in [7, 11) is 0. The summed E-state index contributed by atoms with van der Waals surface area (Å²) in [5.74, 6) is -0.414. The second kappa shape index (κ2) is 6.81. The molecule has 1 heterocycles. The van der Waals surface area contributed by atoms with Gasteiger partial charge in [-0.05, 0) is 36.1 Å². The van der Waals surface area contributed by atoms with E-state index in [1.54, 1.807) is 12.1 Å². The van der Waals surface area contributed by atoms with Crippen LogP contribution in [0, 0.1) is 5.82 Å². The van der Waals surface area contributed by atoms with Gasteiger partial charge >= 0.3 is 0 Å². The molecule has 0 fully saturated rings. The third-order valence-electron chi connectivity index (χ3n) is 3.23. The van der Waals surface area contributed by atoms with E-state index < -0.39 is 0 Å². The van der Waals surface area contributed by atoms with Crippen LogP contribution in [0.4, 0.5) is 4.39 Å². The van der Waals surface area contributed by atoms with Crippen molar-refractivity contribution in [3.63, 3.8) is 0 Å². The smallest absolute Gasteiger partial charge is 0.261 e. The van der Waals surface area contributed by atoms with Crippen LogP contribution in [0.15, 0.2) is 24.3 Å². The molecule has 1 aromatic carbocycles. The van der Waals surface area contributed by atoms with Gasteiger partial charge in [-0.25, -0.2) is 4.39 Å². The summed E-state index contributed by atoms with van der Waals surface area (Å²) in [5, 5.41) is 3.71. The van der Waals surface area contributed by atoms with Crippen LogP contribution in [0.1, 0.15) is 35.9 Å². The lowest BCUT2D eigenvalue weighted by molar-refractivity contribution is 0.0940. The Hall–Kier alpha value is -1.46. The number of hydrogen-bond acceptors (Lipinski definition) is 3. The van der Waals surface area contributed by atoms with Crippen LogP contribution in [-0.4, -0.2) is 18.5 Å². The van der Waals surface area contributed by atoms with Gasteiger partial charge < -0.3 is 11.1 Å². The van der Waals surface area contributed by atoms with E-state index in [1.807, 2.05) is 0 Å². The number of rotatable bonds is 6. The van der Waals surface area contributed by atoms with Gasteiger partial charge in [-0.1, -0.05) is 19.8 Å². The molecule has 3 N–H and O–H groups in total. The second-order valence-corrected chi connectivity index (χ2v) is 5.92. The van der Waals surface area contributed by atoms with E-state index in [-0.39, 0.29) is 17.8 Å². The Labute approximate surface area is 122 Å². The van der Waals surface area contributed by atoms with Crippen LogP contribution in [0.3, 0.4) is 0 Å². The second-order valence-electron chi connectivity index (χ2n) is 4.84. The molecule has 0 saturated heterocycles. The van der Waals surface area contributed by atoms with Crippen LogP contribution in [0.5, 0.6) is 0 Å². The van der Waals surface area contributed by atoms with Gasteiger partial charge in [-0.3, -0.25) is 4.79 Å². The van der Waals surface area contributed by atoms with Gasteiger partial charge in [0.25, 0.3) is 5.91 Å². The van der Waals surface area contributed by atoms with E-state index >= 15 is 0 Å². The summed E-state index contributed by atoms with van der Waals surface area (Å²) in [5.41, 5.74) is 5.67. The molecular weight excluding hydrogens is 275 g/mol. The van der Waals surface area contributed by atoms with E-state index in [4.69, 9.17) is 5.73 Å². The zero-order chi connectivity index (χ0) is 14.5. The summed E-state index contributed by atoms with van der Waals surface area (Å²) >= 11 is 1.37. The van der Waals surface area contributed by atoms with Crippen molar-refractivity contribution in [1.29, 1.82) is 0 Å². The Morgan fingerprint density at radius 2 is 2.25 bits per heavy atom. The van der Waals surface area contributed by atoms with Crippen LogP contribution in [-0.2, 0) is 0 Å². The van der Waals surface area contributed by atoms with Crippen LogP contribution in [0.25, 0.3) is 10.1 Å². The molecule has 5 heteroatoms. The number of carbonyl (C=O) groups is 1. The van der Waals surface area contributed by atoms with E-state index in [0.717, 1.165) is 29.3 Å². The van der Waals surface area contributed by atoms with Crippen LogP contribution < -0.4 is 11.1 Å². The normalized spacial score (nSPS) is 12.6. The highest BCUT2D eigenvalue weighted by atomic mass is 32.1. The highest BCUT2D eigenvalue weighted by Gasteiger charge is 2.14. The summed E-state index contributed by atoms with van der Waals surface area (Å²) in [6.45, 7) is 2.54. The van der Waals surface area contributed by atoms with E-state index in [1.165, 1.54) is 23.5 Å². The van der Waals surface area contributed by atoms with Crippen LogP contribution >= 0.6 is 11.3 Å². The number of hydrogen-bond donors (Lipinski definition) is 2. The number of carbonyl (C=O) groups excluding carboxylic acids is 1. The van der Waals surface area contributed by atoms with Crippen molar-refractivity contribution in [2.75, 3.05) is 6.54 Å². The quantitative estimate of drug-likeness (QED) is 0.859. The molecular formula is C15H19FN2OS. The monoisotopic (exact) mass is 294 g/mol. The fourth-order valence-corrected chi connectivity index (χ4v) is 3.03. The first-order chi connectivity index (χ1) is 9.63. The first kappa shape index (κ1) is 14.9. The molecule has 0 bridgehead atoms. The summed E-state index contributed by atoms with van der Waals surface area (Å²) in [6, 6.07) is 6.28. The third kappa shape index (κ3) is 3.55. The average molecular weight is 294 g/mol. The van der Waals surface area contributed by atoms with E-state index in [2.05, 4.69) is 12.2 Å². The van der Waals surface area contributed by atoms with Crippen molar-refractivity contribution in [1.82, 2.24) is 5.32 Å². The molecule has 3 nitrogen and oxygen atoms in total. The van der Waals surface area contributed by atoms with E-state index in [9.17, 15) is 9.18 Å². The zero-order valence-corrected chi connectivity index (χ0v) is 12.3. The number of halogens is 1. The van der Waals surface area contributed by atoms with Crippen LogP contribution in [0.2, 0.25) is 0 Å². The number of unbranched alkanes of at least 4 members (excludes halogenated alkanes) is 1. The fraction of sp³-hybridized carbons (Fsp3) is 0.400. The molecule has 1 unspecified atom stereocenters. The fourth-order valence-electron chi connectivity index (χ4n) is 2.08. The molecule has 0 radical (unpaired) electrons. The SMILES string of the molecule is CCCCC(CN)NC(=O)c1cc2cc(F)ccc2s1. The van der Waals surface area contributed by atoms with Gasteiger partial charge in [0.1, 0.15) is 5.82 Å². The number of benzene rings is 1. The first-order valence-corrected chi connectivity index (χ1v) is 7.65. The molecule has 0 aliphatic heterocycles. The Morgan fingerprint density at radius 3 is 2.95 bits per heavy atom. The van der Waals surface area contributed by atoms with Crippen molar-refractivity contribution in [3.8, 4) is 0 Å². The maximum atomic E-state index is 13.1. The number of nitrogens with one attached hydrogen (secondary N) is 1. The zero-order valence-electron chi connectivity index (χ0n) is 11.5. The molecule has 0 saturated carbocycles. The molecule has 1 aromatic heterocycles. The number of nitrogens with two attached hydrogens (primary N) is 1.